The van der Waals surface area contributed by atoms with Crippen LogP contribution in [0.2, 0.25) is 0 Å². The maximum atomic E-state index is 13.3. The van der Waals surface area contributed by atoms with Crippen LogP contribution in [0.3, 0.4) is 0 Å². The van der Waals surface area contributed by atoms with Crippen molar-refractivity contribution in [1.29, 1.82) is 0 Å². The zero-order chi connectivity index (χ0) is 15.3. The predicted molar refractivity (Wildman–Crippen MR) is 85.3 cm³/mol. The number of hydrogen-bond donors (Lipinski definition) is 1. The fraction of sp³-hybridized carbons (Fsp3) is 0.667. The van der Waals surface area contributed by atoms with Gasteiger partial charge in [0.25, 0.3) is 0 Å². The monoisotopic (exact) mass is 293 g/mol. The van der Waals surface area contributed by atoms with Gasteiger partial charge in [-0.3, -0.25) is 0 Å². The van der Waals surface area contributed by atoms with Gasteiger partial charge in [-0.1, -0.05) is 27.2 Å². The van der Waals surface area contributed by atoms with E-state index in [0.717, 1.165) is 43.7 Å². The number of benzene rings is 1. The van der Waals surface area contributed by atoms with Gasteiger partial charge in [0.05, 0.1) is 0 Å². The molecule has 1 aromatic rings. The SMILES string of the molecule is CCCNCC(C)(CCC)CC1Cc2cc(F)ccc2O1. The number of rotatable bonds is 8. The van der Waals surface area contributed by atoms with Crippen LogP contribution in [0.25, 0.3) is 0 Å². The van der Waals surface area contributed by atoms with Crippen molar-refractivity contribution in [3.63, 3.8) is 0 Å². The van der Waals surface area contributed by atoms with Gasteiger partial charge in [0.2, 0.25) is 0 Å². The van der Waals surface area contributed by atoms with Crippen molar-refractivity contribution in [3.8, 4) is 5.75 Å². The summed E-state index contributed by atoms with van der Waals surface area (Å²) in [4.78, 5) is 0. The fourth-order valence-electron chi connectivity index (χ4n) is 3.39. The smallest absolute Gasteiger partial charge is 0.123 e. The van der Waals surface area contributed by atoms with Gasteiger partial charge >= 0.3 is 0 Å². The van der Waals surface area contributed by atoms with Crippen LogP contribution in [0.15, 0.2) is 18.2 Å². The molecule has 118 valence electrons. The quantitative estimate of drug-likeness (QED) is 0.721. The summed E-state index contributed by atoms with van der Waals surface area (Å²) in [6.07, 6.45) is 5.56. The minimum atomic E-state index is -0.168. The Bertz CT molecular complexity index is 463. The maximum absolute atomic E-state index is 13.3. The van der Waals surface area contributed by atoms with Gasteiger partial charge < -0.3 is 10.1 Å². The normalized spacial score (nSPS) is 19.9. The van der Waals surface area contributed by atoms with E-state index in [0.29, 0.717) is 0 Å². The Morgan fingerprint density at radius 1 is 1.33 bits per heavy atom. The minimum absolute atomic E-state index is 0.168. The third kappa shape index (κ3) is 4.44. The lowest BCUT2D eigenvalue weighted by Gasteiger charge is -2.32. The van der Waals surface area contributed by atoms with E-state index >= 15 is 0 Å². The van der Waals surface area contributed by atoms with E-state index in [4.69, 9.17) is 4.74 Å². The third-order valence-electron chi connectivity index (χ3n) is 4.32. The molecule has 0 radical (unpaired) electrons. The molecule has 1 heterocycles. The Kier molecular flexibility index (Phi) is 5.63. The Morgan fingerprint density at radius 2 is 2.14 bits per heavy atom. The Hall–Kier alpha value is -1.09. The molecular weight excluding hydrogens is 265 g/mol. The lowest BCUT2D eigenvalue weighted by Crippen LogP contribution is -2.36. The highest BCUT2D eigenvalue weighted by Crippen LogP contribution is 2.36. The molecule has 0 amide bonds. The highest BCUT2D eigenvalue weighted by Gasteiger charge is 2.32. The molecule has 1 aliphatic heterocycles. The summed E-state index contributed by atoms with van der Waals surface area (Å²) in [6, 6.07) is 4.86. The molecule has 3 heteroatoms. The van der Waals surface area contributed by atoms with Crippen molar-refractivity contribution in [2.24, 2.45) is 5.41 Å². The lowest BCUT2D eigenvalue weighted by molar-refractivity contribution is 0.135. The lowest BCUT2D eigenvalue weighted by atomic mass is 9.79. The van der Waals surface area contributed by atoms with E-state index in [1.165, 1.54) is 18.9 Å². The van der Waals surface area contributed by atoms with E-state index in [-0.39, 0.29) is 17.3 Å². The molecule has 1 aliphatic rings. The van der Waals surface area contributed by atoms with E-state index in [1.54, 1.807) is 12.1 Å². The van der Waals surface area contributed by atoms with Crippen LogP contribution in [0.5, 0.6) is 5.75 Å². The van der Waals surface area contributed by atoms with Crippen molar-refractivity contribution in [1.82, 2.24) is 5.32 Å². The third-order valence-corrected chi connectivity index (χ3v) is 4.32. The van der Waals surface area contributed by atoms with E-state index in [2.05, 4.69) is 26.1 Å². The van der Waals surface area contributed by atoms with Gasteiger partial charge in [0, 0.05) is 18.5 Å². The average Bonchev–Trinajstić information content (AvgIpc) is 2.80. The van der Waals surface area contributed by atoms with E-state index < -0.39 is 0 Å². The molecule has 1 aromatic carbocycles. The number of nitrogens with one attached hydrogen (secondary N) is 1. The van der Waals surface area contributed by atoms with Gasteiger partial charge in [-0.25, -0.2) is 4.39 Å². The molecule has 0 bridgehead atoms. The zero-order valence-corrected chi connectivity index (χ0v) is 13.5. The van der Waals surface area contributed by atoms with Crippen molar-refractivity contribution >= 4 is 0 Å². The number of halogens is 1. The second-order valence-corrected chi connectivity index (χ2v) is 6.64. The molecule has 2 nitrogen and oxygen atoms in total. The Balaban J connectivity index is 1.95. The van der Waals surface area contributed by atoms with E-state index in [1.807, 2.05) is 0 Å². The van der Waals surface area contributed by atoms with Crippen LogP contribution < -0.4 is 10.1 Å². The summed E-state index contributed by atoms with van der Waals surface area (Å²) in [7, 11) is 0. The van der Waals surface area contributed by atoms with Crippen molar-refractivity contribution < 1.29 is 9.13 Å². The summed E-state index contributed by atoms with van der Waals surface area (Å²) in [5.41, 5.74) is 1.26. The molecule has 0 aliphatic carbocycles. The highest BCUT2D eigenvalue weighted by atomic mass is 19.1. The highest BCUT2D eigenvalue weighted by molar-refractivity contribution is 5.37. The minimum Gasteiger partial charge on any atom is -0.490 e. The fourth-order valence-corrected chi connectivity index (χ4v) is 3.39. The standard InChI is InChI=1S/C18H28FNO/c1-4-8-18(3,13-20-9-5-2)12-16-11-14-10-15(19)6-7-17(14)21-16/h6-7,10,16,20H,4-5,8-9,11-13H2,1-3H3. The van der Waals surface area contributed by atoms with Crippen LogP contribution in [-0.4, -0.2) is 19.2 Å². The van der Waals surface area contributed by atoms with Crippen molar-refractivity contribution in [2.45, 2.75) is 59.0 Å². The molecular formula is C18H28FNO. The Morgan fingerprint density at radius 3 is 2.86 bits per heavy atom. The van der Waals surface area contributed by atoms with Gasteiger partial charge in [0.1, 0.15) is 17.7 Å². The molecule has 0 saturated heterocycles. The molecule has 2 unspecified atom stereocenters. The summed E-state index contributed by atoms with van der Waals surface area (Å²) in [5.74, 6) is 0.695. The van der Waals surface area contributed by atoms with Crippen LogP contribution in [0, 0.1) is 11.2 Å². The second kappa shape index (κ2) is 7.26. The van der Waals surface area contributed by atoms with Gasteiger partial charge in [-0.15, -0.1) is 0 Å². The topological polar surface area (TPSA) is 21.3 Å². The first-order valence-electron chi connectivity index (χ1n) is 8.22. The van der Waals surface area contributed by atoms with Crippen LogP contribution in [0.4, 0.5) is 4.39 Å². The zero-order valence-electron chi connectivity index (χ0n) is 13.5. The molecule has 21 heavy (non-hydrogen) atoms. The van der Waals surface area contributed by atoms with Crippen LogP contribution >= 0.6 is 0 Å². The predicted octanol–water partition coefficient (Wildman–Crippen LogP) is 4.33. The molecule has 0 spiro atoms. The number of hydrogen-bond acceptors (Lipinski definition) is 2. The van der Waals surface area contributed by atoms with Gasteiger partial charge in [-0.05, 0) is 49.4 Å². The van der Waals surface area contributed by atoms with Crippen LogP contribution in [-0.2, 0) is 6.42 Å². The summed E-state index contributed by atoms with van der Waals surface area (Å²) in [6.45, 7) is 8.86. The summed E-state index contributed by atoms with van der Waals surface area (Å²) < 4.78 is 19.3. The largest absolute Gasteiger partial charge is 0.490 e. The average molecular weight is 293 g/mol. The molecule has 1 N–H and O–H groups in total. The maximum Gasteiger partial charge on any atom is 0.123 e. The molecule has 0 saturated carbocycles. The van der Waals surface area contributed by atoms with Gasteiger partial charge in [-0.2, -0.15) is 0 Å². The Labute approximate surface area is 128 Å². The summed E-state index contributed by atoms with van der Waals surface area (Å²) in [5, 5.41) is 3.55. The van der Waals surface area contributed by atoms with Crippen molar-refractivity contribution in [3.05, 3.63) is 29.6 Å². The molecule has 2 rings (SSSR count). The first kappa shape index (κ1) is 16.3. The number of fused-ring (bicyclic) bond motifs is 1. The van der Waals surface area contributed by atoms with Crippen LogP contribution in [0.1, 0.15) is 52.0 Å². The van der Waals surface area contributed by atoms with E-state index in [9.17, 15) is 4.39 Å². The molecule has 0 fully saturated rings. The number of ether oxygens (including phenoxy) is 1. The van der Waals surface area contributed by atoms with Gasteiger partial charge in [0.15, 0.2) is 0 Å². The first-order chi connectivity index (χ1) is 10.1. The second-order valence-electron chi connectivity index (χ2n) is 6.64. The first-order valence-corrected chi connectivity index (χ1v) is 8.22. The molecule has 2 atom stereocenters. The molecule has 0 aromatic heterocycles. The summed E-state index contributed by atoms with van der Waals surface area (Å²) >= 11 is 0. The van der Waals surface area contributed by atoms with Crippen molar-refractivity contribution in [2.75, 3.05) is 13.1 Å².